The topological polar surface area (TPSA) is 53.7 Å². The Morgan fingerprint density at radius 3 is 3.00 bits per heavy atom. The molecule has 3 rings (SSSR count). The van der Waals surface area contributed by atoms with Crippen LogP contribution in [-0.4, -0.2) is 38.9 Å². The Morgan fingerprint density at radius 1 is 1.56 bits per heavy atom. The maximum absolute atomic E-state index is 9.64. The fourth-order valence-electron chi connectivity index (χ4n) is 2.25. The fraction of sp³-hybridized carbons (Fsp3) is 0.455. The summed E-state index contributed by atoms with van der Waals surface area (Å²) >= 11 is 8.28. The Labute approximate surface area is 123 Å². The van der Waals surface area contributed by atoms with Gasteiger partial charge in [-0.05, 0) is 35.9 Å². The van der Waals surface area contributed by atoms with Gasteiger partial charge >= 0.3 is 0 Å². The molecule has 1 aliphatic heterocycles. The molecule has 0 aliphatic carbocycles. The number of aliphatic hydroxyl groups is 1. The molecule has 0 bridgehead atoms. The molecule has 96 valence electrons. The van der Waals surface area contributed by atoms with Crippen molar-refractivity contribution < 1.29 is 5.11 Å². The van der Waals surface area contributed by atoms with Crippen molar-refractivity contribution >= 4 is 45.5 Å². The molecule has 1 aliphatic rings. The molecule has 0 aromatic carbocycles. The van der Waals surface area contributed by atoms with Gasteiger partial charge in [0.1, 0.15) is 3.70 Å². The van der Waals surface area contributed by atoms with E-state index in [1.807, 2.05) is 13.0 Å². The van der Waals surface area contributed by atoms with E-state index in [-0.39, 0.29) is 6.10 Å². The van der Waals surface area contributed by atoms with E-state index in [0.717, 1.165) is 33.7 Å². The van der Waals surface area contributed by atoms with Gasteiger partial charge in [-0.25, -0.2) is 9.50 Å². The minimum Gasteiger partial charge on any atom is -0.391 e. The molecule has 0 unspecified atom stereocenters. The van der Waals surface area contributed by atoms with Gasteiger partial charge in [0.2, 0.25) is 0 Å². The van der Waals surface area contributed by atoms with E-state index in [9.17, 15) is 5.11 Å². The van der Waals surface area contributed by atoms with Crippen LogP contribution in [0.1, 0.15) is 12.1 Å². The van der Waals surface area contributed by atoms with Crippen molar-refractivity contribution in [3.05, 3.63) is 20.6 Å². The molecule has 18 heavy (non-hydrogen) atoms. The Bertz CT molecular complexity index is 615. The van der Waals surface area contributed by atoms with Crippen LogP contribution in [0.5, 0.6) is 0 Å². The number of rotatable bonds is 1. The first-order valence-corrected chi connectivity index (χ1v) is 7.16. The highest BCUT2D eigenvalue weighted by Crippen LogP contribution is 2.28. The van der Waals surface area contributed by atoms with Crippen LogP contribution in [0.2, 0.25) is 5.15 Å². The van der Waals surface area contributed by atoms with Gasteiger partial charge in [-0.3, -0.25) is 0 Å². The number of β-amino-alcohol motifs (C(OH)–C–C–N with tert-alkyl or cyclic N) is 1. The maximum Gasteiger partial charge on any atom is 0.178 e. The normalized spacial score (nSPS) is 20.0. The number of nitrogens with zero attached hydrogens (tertiary/aromatic N) is 4. The molecule has 1 N–H and O–H groups in total. The number of aliphatic hydroxyl groups excluding tert-OH is 1. The van der Waals surface area contributed by atoms with Crippen molar-refractivity contribution in [1.82, 2.24) is 14.6 Å². The highest BCUT2D eigenvalue weighted by atomic mass is 127. The third-order valence-corrected chi connectivity index (χ3v) is 4.57. The van der Waals surface area contributed by atoms with Gasteiger partial charge in [0, 0.05) is 19.2 Å². The van der Waals surface area contributed by atoms with E-state index in [0.29, 0.717) is 11.7 Å². The van der Waals surface area contributed by atoms with Crippen LogP contribution in [-0.2, 0) is 0 Å². The third kappa shape index (κ3) is 1.96. The summed E-state index contributed by atoms with van der Waals surface area (Å²) in [6.45, 7) is 3.39. The van der Waals surface area contributed by atoms with E-state index < -0.39 is 0 Å². The number of hydrogen-bond donors (Lipinski definition) is 1. The van der Waals surface area contributed by atoms with Crippen LogP contribution in [0.15, 0.2) is 6.07 Å². The number of halogens is 2. The predicted molar refractivity (Wildman–Crippen MR) is 78.3 cm³/mol. The number of hydrogen-bond acceptors (Lipinski definition) is 4. The number of fused-ring (bicyclic) bond motifs is 1. The van der Waals surface area contributed by atoms with Crippen molar-refractivity contribution in [2.45, 2.75) is 19.4 Å². The molecule has 7 heteroatoms. The predicted octanol–water partition coefficient (Wildman–Crippen LogP) is 1.87. The lowest BCUT2D eigenvalue weighted by molar-refractivity contribution is 0.198. The molecule has 1 saturated heterocycles. The summed E-state index contributed by atoms with van der Waals surface area (Å²) in [5.41, 5.74) is 2.68. The first-order chi connectivity index (χ1) is 8.56. The van der Waals surface area contributed by atoms with Crippen molar-refractivity contribution in [3.63, 3.8) is 0 Å². The van der Waals surface area contributed by atoms with Crippen LogP contribution < -0.4 is 4.90 Å². The molecule has 0 radical (unpaired) electrons. The monoisotopic (exact) mass is 378 g/mol. The second kappa shape index (κ2) is 4.50. The van der Waals surface area contributed by atoms with Gasteiger partial charge in [0.05, 0.1) is 17.5 Å². The Balaban J connectivity index is 2.19. The lowest BCUT2D eigenvalue weighted by atomic mass is 10.3. The van der Waals surface area contributed by atoms with Crippen LogP contribution in [0, 0.1) is 10.6 Å². The molecule has 0 saturated carbocycles. The van der Waals surface area contributed by atoms with Gasteiger partial charge in [-0.2, -0.15) is 5.10 Å². The van der Waals surface area contributed by atoms with Gasteiger partial charge < -0.3 is 10.0 Å². The Morgan fingerprint density at radius 2 is 2.33 bits per heavy atom. The minimum atomic E-state index is -0.271. The van der Waals surface area contributed by atoms with Gasteiger partial charge in [0.25, 0.3) is 0 Å². The zero-order valence-electron chi connectivity index (χ0n) is 9.77. The molecule has 2 aromatic heterocycles. The SMILES string of the molecule is Cc1nc2c(N3CC[C@@H](O)C3)cc(Cl)nn2c1I. The first kappa shape index (κ1) is 12.4. The summed E-state index contributed by atoms with van der Waals surface area (Å²) in [4.78, 5) is 6.64. The number of anilines is 1. The minimum absolute atomic E-state index is 0.271. The summed E-state index contributed by atoms with van der Waals surface area (Å²) in [6.07, 6.45) is 0.509. The standard InChI is InChI=1S/C11H12ClIN4O/c1-6-10(13)17-11(14-6)8(4-9(12)15-17)16-3-2-7(18)5-16/h4,7,18H,2-3,5H2,1H3/t7-/m1/s1. The van der Waals surface area contributed by atoms with Crippen molar-refractivity contribution in [3.8, 4) is 0 Å². The average molecular weight is 379 g/mol. The smallest absolute Gasteiger partial charge is 0.178 e. The first-order valence-electron chi connectivity index (χ1n) is 5.70. The summed E-state index contributed by atoms with van der Waals surface area (Å²) in [5.74, 6) is 0. The average Bonchev–Trinajstić information content (AvgIpc) is 2.86. The van der Waals surface area contributed by atoms with E-state index in [1.54, 1.807) is 4.52 Å². The van der Waals surface area contributed by atoms with Crippen LogP contribution in [0.4, 0.5) is 5.69 Å². The molecule has 1 atom stereocenters. The van der Waals surface area contributed by atoms with Crippen LogP contribution in [0.25, 0.3) is 5.65 Å². The Hall–Kier alpha value is -0.600. The lowest BCUT2D eigenvalue weighted by Gasteiger charge is -2.18. The quantitative estimate of drug-likeness (QED) is 0.770. The zero-order valence-corrected chi connectivity index (χ0v) is 12.7. The highest BCUT2D eigenvalue weighted by Gasteiger charge is 2.24. The van der Waals surface area contributed by atoms with E-state index in [2.05, 4.69) is 37.6 Å². The lowest BCUT2D eigenvalue weighted by Crippen LogP contribution is -2.22. The molecule has 0 spiro atoms. The highest BCUT2D eigenvalue weighted by molar-refractivity contribution is 14.1. The van der Waals surface area contributed by atoms with E-state index in [1.165, 1.54) is 0 Å². The van der Waals surface area contributed by atoms with Gasteiger partial charge in [-0.15, -0.1) is 0 Å². The summed E-state index contributed by atoms with van der Waals surface area (Å²) in [7, 11) is 0. The largest absolute Gasteiger partial charge is 0.391 e. The number of imidazole rings is 1. The molecule has 3 heterocycles. The van der Waals surface area contributed by atoms with E-state index in [4.69, 9.17) is 11.6 Å². The van der Waals surface area contributed by atoms with Gasteiger partial charge in [0.15, 0.2) is 10.8 Å². The second-order valence-electron chi connectivity index (χ2n) is 4.46. The van der Waals surface area contributed by atoms with Crippen molar-refractivity contribution in [2.24, 2.45) is 0 Å². The summed E-state index contributed by atoms with van der Waals surface area (Å²) < 4.78 is 2.73. The molecule has 5 nitrogen and oxygen atoms in total. The third-order valence-electron chi connectivity index (χ3n) is 3.14. The van der Waals surface area contributed by atoms with E-state index >= 15 is 0 Å². The second-order valence-corrected chi connectivity index (χ2v) is 5.87. The van der Waals surface area contributed by atoms with Gasteiger partial charge in [-0.1, -0.05) is 11.6 Å². The Kier molecular flexibility index (Phi) is 3.11. The van der Waals surface area contributed by atoms with Crippen LogP contribution >= 0.6 is 34.2 Å². The number of aryl methyl sites for hydroxylation is 1. The summed E-state index contributed by atoms with van der Waals surface area (Å²) in [5, 5.41) is 14.4. The zero-order chi connectivity index (χ0) is 12.9. The maximum atomic E-state index is 9.64. The summed E-state index contributed by atoms with van der Waals surface area (Å²) in [6, 6.07) is 1.82. The van der Waals surface area contributed by atoms with Crippen LogP contribution in [0.3, 0.4) is 0 Å². The molecule has 1 fully saturated rings. The molecule has 0 amide bonds. The number of aromatic nitrogens is 3. The molecule has 2 aromatic rings. The molecular weight excluding hydrogens is 367 g/mol. The van der Waals surface area contributed by atoms with Crippen molar-refractivity contribution in [2.75, 3.05) is 18.0 Å². The molecular formula is C11H12ClIN4O. The van der Waals surface area contributed by atoms with Crippen molar-refractivity contribution in [1.29, 1.82) is 0 Å². The fourth-order valence-corrected chi connectivity index (χ4v) is 2.89.